The Morgan fingerprint density at radius 2 is 0.941 bits per heavy atom. The Kier molecular flexibility index (Phi) is 10.2. The highest BCUT2D eigenvalue weighted by Gasteiger charge is 2.26. The second-order valence-corrected chi connectivity index (χ2v) is 14.8. The summed E-state index contributed by atoms with van der Waals surface area (Å²) in [5, 5.41) is 21.3. The molecule has 5 aromatic carbocycles. The topological polar surface area (TPSA) is 104 Å². The maximum absolute atomic E-state index is 11.2. The first kappa shape index (κ1) is 35.0. The summed E-state index contributed by atoms with van der Waals surface area (Å²) in [6.45, 7) is 12.8. The third-order valence-corrected chi connectivity index (χ3v) is 8.43. The van der Waals surface area contributed by atoms with E-state index in [1.807, 2.05) is 84.9 Å². The van der Waals surface area contributed by atoms with Gasteiger partial charge in [0.05, 0.1) is 0 Å². The minimum Gasteiger partial charge on any atom is -0.507 e. The molecule has 0 spiro atoms. The van der Waals surface area contributed by atoms with Crippen LogP contribution in [0.4, 0.5) is 34.6 Å². The minimum absolute atomic E-state index is 0.167. The molecule has 0 aliphatic carbocycles. The van der Waals surface area contributed by atoms with E-state index in [-0.39, 0.29) is 23.4 Å². The van der Waals surface area contributed by atoms with Crippen molar-refractivity contribution >= 4 is 34.6 Å². The molecule has 0 fully saturated rings. The van der Waals surface area contributed by atoms with E-state index in [0.29, 0.717) is 17.6 Å². The van der Waals surface area contributed by atoms with E-state index in [4.69, 9.17) is 9.72 Å². The van der Waals surface area contributed by atoms with Crippen molar-refractivity contribution in [1.29, 1.82) is 0 Å². The van der Waals surface area contributed by atoms with Crippen LogP contribution in [0.5, 0.6) is 11.8 Å². The van der Waals surface area contributed by atoms with Gasteiger partial charge < -0.3 is 25.8 Å². The highest BCUT2D eigenvalue weighted by atomic mass is 16.5. The van der Waals surface area contributed by atoms with Crippen LogP contribution < -0.4 is 20.7 Å². The molecule has 0 radical (unpaired) electrons. The Morgan fingerprint density at radius 3 is 1.45 bits per heavy atom. The van der Waals surface area contributed by atoms with Crippen LogP contribution in [0.25, 0.3) is 0 Å². The number of nitrogens with one attached hydrogen (secondary N) is 3. The van der Waals surface area contributed by atoms with Crippen molar-refractivity contribution in [3.8, 4) is 11.8 Å². The molecule has 0 unspecified atom stereocenters. The number of phenols is 1. The van der Waals surface area contributed by atoms with Gasteiger partial charge >= 0.3 is 6.01 Å². The second-order valence-electron chi connectivity index (χ2n) is 14.8. The Balaban J connectivity index is 1.25. The van der Waals surface area contributed by atoms with E-state index in [1.165, 1.54) is 11.1 Å². The number of rotatable bonds is 11. The van der Waals surface area contributed by atoms with Crippen molar-refractivity contribution < 1.29 is 9.84 Å². The maximum Gasteiger partial charge on any atom is 0.323 e. The fraction of sp³-hybridized carbons (Fsp3) is 0.233. The first-order chi connectivity index (χ1) is 24.4. The molecule has 1 heterocycles. The Labute approximate surface area is 301 Å². The number of ether oxygens (including phenoxy) is 1. The van der Waals surface area contributed by atoms with Crippen molar-refractivity contribution in [3.05, 3.63) is 149 Å². The molecule has 260 valence electrons. The van der Waals surface area contributed by atoms with Gasteiger partial charge in [0, 0.05) is 22.7 Å². The largest absolute Gasteiger partial charge is 0.507 e. The molecule has 1 aromatic heterocycles. The molecule has 8 heteroatoms. The number of aromatic nitrogens is 3. The summed E-state index contributed by atoms with van der Waals surface area (Å²) in [6.07, 6.45) is 0.851. The summed E-state index contributed by atoms with van der Waals surface area (Å²) in [5.41, 5.74) is 8.23. The lowest BCUT2D eigenvalue weighted by Crippen LogP contribution is -2.18. The maximum atomic E-state index is 11.2. The summed E-state index contributed by atoms with van der Waals surface area (Å²) < 4.78 is 6.26. The van der Waals surface area contributed by atoms with Crippen molar-refractivity contribution in [1.82, 2.24) is 15.0 Å². The average molecular weight is 679 g/mol. The zero-order chi connectivity index (χ0) is 36.0. The standard InChI is InChI=1S/C43H46N6O2/c1-42(2,3)36-26-31(27-37(38(36)50)43(4,5)6)28-51-41-48-39(45-34-19-17-30(18-20-34)25-29-13-9-7-10-14-29)47-40(49-41)46-35-23-21-33(22-24-35)44-32-15-11-8-12-16-32/h7-24,26-27,44,50H,25,28H2,1-6H3,(H2,45,46,47,48,49). The van der Waals surface area contributed by atoms with Crippen LogP contribution in [0.2, 0.25) is 0 Å². The number of para-hydroxylation sites is 1. The van der Waals surface area contributed by atoms with E-state index in [0.717, 1.165) is 45.9 Å². The van der Waals surface area contributed by atoms with Crippen LogP contribution in [0.15, 0.2) is 121 Å². The predicted octanol–water partition coefficient (Wildman–Crippen LogP) is 10.6. The fourth-order valence-electron chi connectivity index (χ4n) is 5.72. The molecule has 0 aliphatic heterocycles. The van der Waals surface area contributed by atoms with Gasteiger partial charge in [-0.05, 0) is 106 Å². The van der Waals surface area contributed by atoms with Crippen molar-refractivity contribution in [3.63, 3.8) is 0 Å². The molecule has 8 nitrogen and oxygen atoms in total. The van der Waals surface area contributed by atoms with Gasteiger partial charge in [0.1, 0.15) is 12.4 Å². The van der Waals surface area contributed by atoms with Crippen LogP contribution >= 0.6 is 0 Å². The number of hydrogen-bond acceptors (Lipinski definition) is 8. The molecule has 51 heavy (non-hydrogen) atoms. The Hall–Kier alpha value is -5.89. The number of aromatic hydroxyl groups is 1. The average Bonchev–Trinajstić information content (AvgIpc) is 3.09. The zero-order valence-electron chi connectivity index (χ0n) is 30.2. The summed E-state index contributed by atoms with van der Waals surface area (Å²) in [7, 11) is 0. The van der Waals surface area contributed by atoms with E-state index >= 15 is 0 Å². The van der Waals surface area contributed by atoms with Crippen molar-refractivity contribution in [2.24, 2.45) is 0 Å². The van der Waals surface area contributed by atoms with Crippen LogP contribution in [0.3, 0.4) is 0 Å². The van der Waals surface area contributed by atoms with Gasteiger partial charge in [-0.25, -0.2) is 0 Å². The number of anilines is 6. The lowest BCUT2D eigenvalue weighted by molar-refractivity contribution is 0.280. The minimum atomic E-state index is -0.260. The second kappa shape index (κ2) is 14.9. The first-order valence-corrected chi connectivity index (χ1v) is 17.2. The molecule has 0 saturated heterocycles. The van der Waals surface area contributed by atoms with E-state index in [2.05, 4.69) is 104 Å². The van der Waals surface area contributed by atoms with Crippen LogP contribution in [0, 0.1) is 0 Å². The first-order valence-electron chi connectivity index (χ1n) is 17.2. The highest BCUT2D eigenvalue weighted by Crippen LogP contribution is 2.40. The molecule has 6 aromatic rings. The molecule has 0 amide bonds. The molecule has 0 bridgehead atoms. The molecular formula is C43H46N6O2. The zero-order valence-corrected chi connectivity index (χ0v) is 30.2. The Morgan fingerprint density at radius 1 is 0.510 bits per heavy atom. The summed E-state index contributed by atoms with van der Waals surface area (Å²) >= 11 is 0. The summed E-state index contributed by atoms with van der Waals surface area (Å²) in [4.78, 5) is 14.0. The molecular weight excluding hydrogens is 633 g/mol. The monoisotopic (exact) mass is 678 g/mol. The van der Waals surface area contributed by atoms with Crippen LogP contribution in [-0.4, -0.2) is 20.1 Å². The molecule has 4 N–H and O–H groups in total. The number of benzene rings is 5. The van der Waals surface area contributed by atoms with Gasteiger partial charge in [0.25, 0.3) is 0 Å². The Bertz CT molecular complexity index is 1910. The summed E-state index contributed by atoms with van der Waals surface area (Å²) in [6, 6.07) is 40.8. The lowest BCUT2D eigenvalue weighted by atomic mass is 9.78. The summed E-state index contributed by atoms with van der Waals surface area (Å²) in [5.74, 6) is 1.01. The van der Waals surface area contributed by atoms with Crippen LogP contribution in [0.1, 0.15) is 69.4 Å². The van der Waals surface area contributed by atoms with Gasteiger partial charge in [-0.15, -0.1) is 0 Å². The molecule has 6 rings (SSSR count). The SMILES string of the molecule is CC(C)(C)c1cc(COc2nc(Nc3ccc(Cc4ccccc4)cc3)nc(Nc3ccc(Nc4ccccc4)cc3)n2)cc(C(C)(C)C)c1O. The van der Waals surface area contributed by atoms with E-state index < -0.39 is 0 Å². The van der Waals surface area contributed by atoms with E-state index in [9.17, 15) is 5.11 Å². The van der Waals surface area contributed by atoms with Gasteiger partial charge in [0.15, 0.2) is 0 Å². The molecule has 0 saturated carbocycles. The quantitative estimate of drug-likeness (QED) is 0.107. The van der Waals surface area contributed by atoms with Crippen LogP contribution in [-0.2, 0) is 23.9 Å². The van der Waals surface area contributed by atoms with Gasteiger partial charge in [-0.2, -0.15) is 15.0 Å². The van der Waals surface area contributed by atoms with E-state index in [1.54, 1.807) is 0 Å². The lowest BCUT2D eigenvalue weighted by Gasteiger charge is -2.28. The fourth-order valence-corrected chi connectivity index (χ4v) is 5.72. The third kappa shape index (κ3) is 9.42. The normalized spacial score (nSPS) is 11.6. The number of nitrogens with zero attached hydrogens (tertiary/aromatic N) is 3. The smallest absolute Gasteiger partial charge is 0.323 e. The van der Waals surface area contributed by atoms with Crippen molar-refractivity contribution in [2.75, 3.05) is 16.0 Å². The van der Waals surface area contributed by atoms with Gasteiger partial charge in [-0.3, -0.25) is 0 Å². The highest BCUT2D eigenvalue weighted by molar-refractivity contribution is 5.65. The third-order valence-electron chi connectivity index (χ3n) is 8.43. The van der Waals surface area contributed by atoms with Gasteiger partial charge in [0.2, 0.25) is 11.9 Å². The molecule has 0 aliphatic rings. The van der Waals surface area contributed by atoms with Gasteiger partial charge in [-0.1, -0.05) is 102 Å². The number of hydrogen-bond donors (Lipinski definition) is 4. The van der Waals surface area contributed by atoms with Crippen molar-refractivity contribution in [2.45, 2.75) is 65.4 Å². The molecule has 0 atom stereocenters. The predicted molar refractivity (Wildman–Crippen MR) is 208 cm³/mol. The number of phenolic OH excluding ortho intramolecular Hbond substituents is 1.